The number of carbonyl (C=O) groups excluding carboxylic acids is 1. The molecule has 0 saturated heterocycles. The summed E-state index contributed by atoms with van der Waals surface area (Å²) in [6.45, 7) is 4.87. The van der Waals surface area contributed by atoms with Crippen molar-refractivity contribution >= 4 is 5.97 Å². The molecule has 4 nitrogen and oxygen atoms in total. The third-order valence-electron chi connectivity index (χ3n) is 5.06. The van der Waals surface area contributed by atoms with E-state index >= 15 is 0 Å². The van der Waals surface area contributed by atoms with Gasteiger partial charge in [-0.05, 0) is 43.4 Å². The number of hydrogen-bond acceptors (Lipinski definition) is 3. The van der Waals surface area contributed by atoms with Crippen LogP contribution in [0.4, 0.5) is 0 Å². The molecule has 0 bridgehead atoms. The first-order chi connectivity index (χ1) is 13.2. The molecule has 138 valence electrons. The Kier molecular flexibility index (Phi) is 4.80. The summed E-state index contributed by atoms with van der Waals surface area (Å²) >= 11 is 0. The number of esters is 1. The molecule has 0 unspecified atom stereocenters. The number of ether oxygens (including phenoxy) is 1. The third-order valence-corrected chi connectivity index (χ3v) is 5.06. The van der Waals surface area contributed by atoms with Crippen molar-refractivity contribution in [2.24, 2.45) is 0 Å². The molecule has 27 heavy (non-hydrogen) atoms. The number of carbonyl (C=O) groups is 1. The van der Waals surface area contributed by atoms with E-state index in [0.29, 0.717) is 18.2 Å². The van der Waals surface area contributed by atoms with Crippen LogP contribution in [0.5, 0.6) is 0 Å². The number of benzene rings is 2. The van der Waals surface area contributed by atoms with E-state index in [-0.39, 0.29) is 5.97 Å². The van der Waals surface area contributed by atoms with Crippen molar-refractivity contribution in [2.75, 3.05) is 6.61 Å². The minimum absolute atomic E-state index is 0.324. The van der Waals surface area contributed by atoms with Gasteiger partial charge in [0.2, 0.25) is 0 Å². The topological polar surface area (TPSA) is 44.1 Å². The van der Waals surface area contributed by atoms with E-state index in [1.165, 1.54) is 16.7 Å². The van der Waals surface area contributed by atoms with Crippen LogP contribution in [0.3, 0.4) is 0 Å². The van der Waals surface area contributed by atoms with Crippen molar-refractivity contribution in [3.8, 4) is 11.1 Å². The van der Waals surface area contributed by atoms with Crippen molar-refractivity contribution in [3.05, 3.63) is 77.4 Å². The van der Waals surface area contributed by atoms with Gasteiger partial charge in [0.25, 0.3) is 0 Å². The van der Waals surface area contributed by atoms with Gasteiger partial charge < -0.3 is 9.30 Å². The molecule has 1 heterocycles. The minimum atomic E-state index is -0.324. The fourth-order valence-corrected chi connectivity index (χ4v) is 3.42. The Morgan fingerprint density at radius 2 is 1.74 bits per heavy atom. The second kappa shape index (κ2) is 7.39. The fraction of sp³-hybridized carbons (Fsp3) is 0.304. The van der Waals surface area contributed by atoms with E-state index in [0.717, 1.165) is 30.9 Å². The quantitative estimate of drug-likeness (QED) is 0.584. The highest BCUT2D eigenvalue weighted by Gasteiger charge is 2.32. The fourth-order valence-electron chi connectivity index (χ4n) is 3.42. The minimum Gasteiger partial charge on any atom is -0.461 e. The van der Waals surface area contributed by atoms with Crippen molar-refractivity contribution in [2.45, 2.75) is 39.2 Å². The third kappa shape index (κ3) is 3.65. The summed E-state index contributed by atoms with van der Waals surface area (Å²) in [5.74, 6) is 1.16. The predicted octanol–water partition coefficient (Wildman–Crippen LogP) is 4.96. The molecule has 1 saturated carbocycles. The average Bonchev–Trinajstić information content (AvgIpc) is 3.49. The molecule has 0 aliphatic heterocycles. The number of rotatable bonds is 6. The zero-order chi connectivity index (χ0) is 18.8. The highest BCUT2D eigenvalue weighted by Crippen LogP contribution is 2.40. The van der Waals surface area contributed by atoms with Gasteiger partial charge in [-0.3, -0.25) is 0 Å². The van der Waals surface area contributed by atoms with Crippen LogP contribution >= 0.6 is 0 Å². The summed E-state index contributed by atoms with van der Waals surface area (Å²) in [6.07, 6.45) is 2.29. The van der Waals surface area contributed by atoms with Crippen LogP contribution in [0.15, 0.2) is 54.6 Å². The van der Waals surface area contributed by atoms with Crippen LogP contribution in [-0.2, 0) is 11.3 Å². The average molecular weight is 360 g/mol. The second-order valence-corrected chi connectivity index (χ2v) is 7.05. The second-order valence-electron chi connectivity index (χ2n) is 7.05. The SMILES string of the molecule is CCOC(=O)c1nc(C2CC2)n(Cc2ccc(-c3ccccc3)cc2)c1C. The Morgan fingerprint density at radius 1 is 1.07 bits per heavy atom. The molecule has 1 aromatic heterocycles. The highest BCUT2D eigenvalue weighted by atomic mass is 16.5. The maximum Gasteiger partial charge on any atom is 0.358 e. The van der Waals surface area contributed by atoms with Gasteiger partial charge in [-0.2, -0.15) is 0 Å². The van der Waals surface area contributed by atoms with Crippen molar-refractivity contribution < 1.29 is 9.53 Å². The molecule has 0 amide bonds. The van der Waals surface area contributed by atoms with Gasteiger partial charge in [0.1, 0.15) is 5.82 Å². The lowest BCUT2D eigenvalue weighted by atomic mass is 10.0. The van der Waals surface area contributed by atoms with Crippen LogP contribution in [0.2, 0.25) is 0 Å². The van der Waals surface area contributed by atoms with Crippen LogP contribution in [-0.4, -0.2) is 22.1 Å². The molecule has 4 rings (SSSR count). The lowest BCUT2D eigenvalue weighted by Gasteiger charge is -2.11. The predicted molar refractivity (Wildman–Crippen MR) is 106 cm³/mol. The Morgan fingerprint density at radius 3 is 2.37 bits per heavy atom. The van der Waals surface area contributed by atoms with Crippen LogP contribution in [0.25, 0.3) is 11.1 Å². The van der Waals surface area contributed by atoms with Crippen molar-refractivity contribution in [1.82, 2.24) is 9.55 Å². The Labute approximate surface area is 159 Å². The summed E-state index contributed by atoms with van der Waals surface area (Å²) in [5.41, 5.74) is 4.97. The van der Waals surface area contributed by atoms with Crippen LogP contribution in [0.1, 0.15) is 53.3 Å². The first kappa shape index (κ1) is 17.5. The molecule has 1 aliphatic carbocycles. The summed E-state index contributed by atoms with van der Waals surface area (Å²) < 4.78 is 7.36. The summed E-state index contributed by atoms with van der Waals surface area (Å²) in [7, 11) is 0. The zero-order valence-electron chi connectivity index (χ0n) is 15.8. The summed E-state index contributed by atoms with van der Waals surface area (Å²) in [5, 5.41) is 0. The first-order valence-corrected chi connectivity index (χ1v) is 9.56. The lowest BCUT2D eigenvalue weighted by molar-refractivity contribution is 0.0519. The summed E-state index contributed by atoms with van der Waals surface area (Å²) in [6, 6.07) is 19.0. The van der Waals surface area contributed by atoms with Crippen molar-refractivity contribution in [3.63, 3.8) is 0 Å². The molecule has 4 heteroatoms. The maximum atomic E-state index is 12.2. The summed E-state index contributed by atoms with van der Waals surface area (Å²) in [4.78, 5) is 16.9. The number of hydrogen-bond donors (Lipinski definition) is 0. The highest BCUT2D eigenvalue weighted by molar-refractivity contribution is 5.88. The molecule has 1 aliphatic rings. The molecule has 3 aromatic rings. The van der Waals surface area contributed by atoms with E-state index in [9.17, 15) is 4.79 Å². The van der Waals surface area contributed by atoms with Crippen LogP contribution in [0, 0.1) is 6.92 Å². The molecule has 0 N–H and O–H groups in total. The Bertz CT molecular complexity index is 939. The molecule has 1 fully saturated rings. The van der Waals surface area contributed by atoms with E-state index in [1.807, 2.05) is 19.9 Å². The van der Waals surface area contributed by atoms with Crippen molar-refractivity contribution in [1.29, 1.82) is 0 Å². The lowest BCUT2D eigenvalue weighted by Crippen LogP contribution is -2.09. The van der Waals surface area contributed by atoms with Gasteiger partial charge in [0.15, 0.2) is 5.69 Å². The molecular formula is C23H24N2O2. The zero-order valence-corrected chi connectivity index (χ0v) is 15.8. The maximum absolute atomic E-state index is 12.2. The molecule has 0 radical (unpaired) electrons. The smallest absolute Gasteiger partial charge is 0.358 e. The Balaban J connectivity index is 1.61. The van der Waals surface area contributed by atoms with Gasteiger partial charge >= 0.3 is 5.97 Å². The monoisotopic (exact) mass is 360 g/mol. The molecular weight excluding hydrogens is 336 g/mol. The van der Waals surface area contributed by atoms with Crippen LogP contribution < -0.4 is 0 Å². The van der Waals surface area contributed by atoms with E-state index in [1.54, 1.807) is 0 Å². The number of imidazole rings is 1. The Hall–Kier alpha value is -2.88. The molecule has 0 atom stereocenters. The van der Waals surface area contributed by atoms with Gasteiger partial charge in [-0.1, -0.05) is 54.6 Å². The van der Waals surface area contributed by atoms with Gasteiger partial charge in [-0.25, -0.2) is 9.78 Å². The van der Waals surface area contributed by atoms with Gasteiger partial charge in [-0.15, -0.1) is 0 Å². The normalized spacial score (nSPS) is 13.6. The standard InChI is InChI=1S/C23H24N2O2/c1-3-27-23(26)21-16(2)25(22(24-21)20-13-14-20)15-17-9-11-19(12-10-17)18-7-5-4-6-8-18/h4-12,20H,3,13-15H2,1-2H3. The van der Waals surface area contributed by atoms with Gasteiger partial charge in [0.05, 0.1) is 6.61 Å². The first-order valence-electron chi connectivity index (χ1n) is 9.56. The number of nitrogens with zero attached hydrogens (tertiary/aromatic N) is 2. The molecule has 2 aromatic carbocycles. The van der Waals surface area contributed by atoms with E-state index in [2.05, 4.69) is 58.1 Å². The van der Waals surface area contributed by atoms with E-state index < -0.39 is 0 Å². The van der Waals surface area contributed by atoms with E-state index in [4.69, 9.17) is 4.74 Å². The van der Waals surface area contributed by atoms with Gasteiger partial charge in [0, 0.05) is 18.2 Å². The number of aromatic nitrogens is 2. The largest absolute Gasteiger partial charge is 0.461 e. The molecule has 0 spiro atoms.